The van der Waals surface area contributed by atoms with Crippen molar-refractivity contribution in [1.29, 1.82) is 0 Å². The topological polar surface area (TPSA) is 75.7 Å². The Balaban J connectivity index is 1.15. The van der Waals surface area contributed by atoms with Crippen LogP contribution in [0.25, 0.3) is 21.9 Å². The Morgan fingerprint density at radius 2 is 1.41 bits per heavy atom. The summed E-state index contributed by atoms with van der Waals surface area (Å²) in [5.41, 5.74) is 1.09. The van der Waals surface area contributed by atoms with Crippen molar-refractivity contribution >= 4 is 40.0 Å². The number of alkyl halides is 2. The van der Waals surface area contributed by atoms with Gasteiger partial charge in [-0.1, -0.05) is 73.1 Å². The predicted octanol–water partition coefficient (Wildman–Crippen LogP) is 8.73. The standard InChI is InChI=1S/C40H39ClF2N2O4/c1-24-20-32-17-18-33(21-24)45(32)39(48)37(40(42,43)30-13-8-25(9-14-30)26-10-15-31(41)16-11-26)44-38(47)36(46)29-7-6-28-23-35(19-12-27(28)22-29)49-34-4-2-3-5-34/h6-16,19,22-24,32-34,37H,2-5,17-18,20-21H2,1H3,(H,44,47). The van der Waals surface area contributed by atoms with Crippen LogP contribution in [0.5, 0.6) is 5.75 Å². The van der Waals surface area contributed by atoms with Gasteiger partial charge in [0.05, 0.1) is 6.10 Å². The van der Waals surface area contributed by atoms with Crippen molar-refractivity contribution in [2.75, 3.05) is 0 Å². The summed E-state index contributed by atoms with van der Waals surface area (Å²) in [4.78, 5) is 42.7. The molecule has 0 aromatic heterocycles. The fourth-order valence-electron chi connectivity index (χ4n) is 7.92. The molecule has 1 saturated carbocycles. The number of carbonyl (C=O) groups excluding carboxylic acids is 3. The number of fused-ring (bicyclic) bond motifs is 3. The van der Waals surface area contributed by atoms with E-state index in [1.807, 2.05) is 18.2 Å². The molecule has 254 valence electrons. The third kappa shape index (κ3) is 6.80. The third-order valence-electron chi connectivity index (χ3n) is 10.4. The van der Waals surface area contributed by atoms with Crippen LogP contribution in [0.2, 0.25) is 5.02 Å². The van der Waals surface area contributed by atoms with E-state index < -0.39 is 35.1 Å². The highest BCUT2D eigenvalue weighted by Gasteiger charge is 2.53. The third-order valence-corrected chi connectivity index (χ3v) is 10.7. The van der Waals surface area contributed by atoms with E-state index in [-0.39, 0.29) is 23.8 Å². The summed E-state index contributed by atoms with van der Waals surface area (Å²) in [5.74, 6) is -5.81. The molecule has 1 aliphatic carbocycles. The lowest BCUT2D eigenvalue weighted by atomic mass is 9.90. The van der Waals surface area contributed by atoms with Crippen LogP contribution in [0.3, 0.4) is 0 Å². The number of amides is 2. The summed E-state index contributed by atoms with van der Waals surface area (Å²) in [6.45, 7) is 2.11. The molecule has 3 unspecified atom stereocenters. The first-order valence-corrected chi connectivity index (χ1v) is 17.6. The SMILES string of the molecule is CC1CC2CCC(C1)N2C(=O)C(NC(=O)C(=O)c1ccc2cc(OC3CCCC3)ccc2c1)C(F)(F)c1ccc(-c2ccc(Cl)cc2)cc1. The molecule has 2 saturated heterocycles. The number of rotatable bonds is 9. The number of nitrogens with zero attached hydrogens (tertiary/aromatic N) is 1. The summed E-state index contributed by atoms with van der Waals surface area (Å²) in [6.07, 6.45) is 7.44. The molecule has 1 N–H and O–H groups in total. The van der Waals surface area contributed by atoms with E-state index >= 15 is 8.78 Å². The lowest BCUT2D eigenvalue weighted by molar-refractivity contribution is -0.153. The Kier molecular flexibility index (Phi) is 9.18. The zero-order chi connectivity index (χ0) is 34.3. The summed E-state index contributed by atoms with van der Waals surface area (Å²) >= 11 is 6.01. The van der Waals surface area contributed by atoms with Gasteiger partial charge in [0.15, 0.2) is 6.04 Å². The molecule has 2 bridgehead atoms. The van der Waals surface area contributed by atoms with Crippen molar-refractivity contribution in [3.05, 3.63) is 101 Å². The average molecular weight is 685 g/mol. The summed E-state index contributed by atoms with van der Waals surface area (Å²) in [7, 11) is 0. The van der Waals surface area contributed by atoms with Gasteiger partial charge < -0.3 is 15.0 Å². The van der Waals surface area contributed by atoms with E-state index in [2.05, 4.69) is 12.2 Å². The summed E-state index contributed by atoms with van der Waals surface area (Å²) in [6, 6.07) is 20.3. The second-order valence-electron chi connectivity index (χ2n) is 13.9. The highest BCUT2D eigenvalue weighted by molar-refractivity contribution is 6.43. The normalized spacial score (nSPS) is 21.5. The molecular formula is C40H39ClF2N2O4. The number of Topliss-reactive ketones (excluding diaryl/α,β-unsaturated/α-hetero) is 1. The molecule has 3 atom stereocenters. The lowest BCUT2D eigenvalue weighted by Gasteiger charge is -2.41. The van der Waals surface area contributed by atoms with E-state index in [0.717, 1.165) is 55.2 Å². The van der Waals surface area contributed by atoms with Crippen molar-refractivity contribution in [1.82, 2.24) is 10.2 Å². The average Bonchev–Trinajstić information content (AvgIpc) is 3.71. The van der Waals surface area contributed by atoms with Crippen LogP contribution in [0, 0.1) is 5.92 Å². The molecule has 2 aliphatic heterocycles. The van der Waals surface area contributed by atoms with Gasteiger partial charge in [0.25, 0.3) is 11.8 Å². The van der Waals surface area contributed by atoms with Gasteiger partial charge in [-0.05, 0) is 110 Å². The molecule has 0 spiro atoms. The molecule has 4 aromatic carbocycles. The molecule has 9 heteroatoms. The van der Waals surface area contributed by atoms with Crippen LogP contribution >= 0.6 is 11.6 Å². The Bertz CT molecular complexity index is 1860. The Morgan fingerprint density at radius 3 is 2.06 bits per heavy atom. The molecule has 3 aliphatic rings. The maximum atomic E-state index is 16.6. The summed E-state index contributed by atoms with van der Waals surface area (Å²) < 4.78 is 39.3. The van der Waals surface area contributed by atoms with Gasteiger partial charge in [-0.15, -0.1) is 0 Å². The maximum absolute atomic E-state index is 16.6. The highest BCUT2D eigenvalue weighted by Crippen LogP contribution is 2.42. The number of hydrogen-bond acceptors (Lipinski definition) is 4. The second kappa shape index (κ2) is 13.5. The maximum Gasteiger partial charge on any atom is 0.302 e. The van der Waals surface area contributed by atoms with Gasteiger partial charge in [-0.3, -0.25) is 14.4 Å². The number of ketones is 1. The number of piperidine rings is 1. The Labute approximate surface area is 289 Å². The number of nitrogens with one attached hydrogen (secondary N) is 1. The minimum Gasteiger partial charge on any atom is -0.490 e. The fourth-order valence-corrected chi connectivity index (χ4v) is 8.05. The number of benzene rings is 4. The molecule has 3 fully saturated rings. The fraction of sp³-hybridized carbons (Fsp3) is 0.375. The quantitative estimate of drug-likeness (QED) is 0.141. The summed E-state index contributed by atoms with van der Waals surface area (Å²) in [5, 5.41) is 4.30. The van der Waals surface area contributed by atoms with Crippen LogP contribution < -0.4 is 10.1 Å². The molecule has 6 nitrogen and oxygen atoms in total. The Morgan fingerprint density at radius 1 is 0.816 bits per heavy atom. The molecule has 7 rings (SSSR count). The van der Waals surface area contributed by atoms with E-state index in [0.29, 0.717) is 34.7 Å². The zero-order valence-electron chi connectivity index (χ0n) is 27.3. The van der Waals surface area contributed by atoms with Gasteiger partial charge in [0.2, 0.25) is 5.78 Å². The van der Waals surface area contributed by atoms with E-state index in [4.69, 9.17) is 16.3 Å². The number of halogens is 3. The number of hydrogen-bond donors (Lipinski definition) is 1. The molecule has 49 heavy (non-hydrogen) atoms. The highest BCUT2D eigenvalue weighted by atomic mass is 35.5. The van der Waals surface area contributed by atoms with Crippen molar-refractivity contribution < 1.29 is 27.9 Å². The van der Waals surface area contributed by atoms with Gasteiger partial charge >= 0.3 is 5.92 Å². The van der Waals surface area contributed by atoms with Crippen molar-refractivity contribution in [2.24, 2.45) is 5.92 Å². The minimum absolute atomic E-state index is 0.0446. The van der Waals surface area contributed by atoms with Crippen molar-refractivity contribution in [3.8, 4) is 16.9 Å². The number of ether oxygens (including phenoxy) is 1. The predicted molar refractivity (Wildman–Crippen MR) is 186 cm³/mol. The molecule has 2 amide bonds. The molecule has 4 aromatic rings. The zero-order valence-corrected chi connectivity index (χ0v) is 28.1. The largest absolute Gasteiger partial charge is 0.490 e. The van der Waals surface area contributed by atoms with Gasteiger partial charge in [-0.2, -0.15) is 8.78 Å². The Hall–Kier alpha value is -4.30. The lowest BCUT2D eigenvalue weighted by Crippen LogP contribution is -2.60. The minimum atomic E-state index is -3.81. The smallest absolute Gasteiger partial charge is 0.302 e. The monoisotopic (exact) mass is 684 g/mol. The van der Waals surface area contributed by atoms with Crippen LogP contribution in [-0.4, -0.2) is 46.7 Å². The van der Waals surface area contributed by atoms with Gasteiger partial charge in [0, 0.05) is 28.2 Å². The molecule has 0 radical (unpaired) electrons. The van der Waals surface area contributed by atoms with Gasteiger partial charge in [0.1, 0.15) is 5.75 Å². The second-order valence-corrected chi connectivity index (χ2v) is 14.3. The first-order chi connectivity index (χ1) is 23.6. The van der Waals surface area contributed by atoms with Crippen LogP contribution in [-0.2, 0) is 15.5 Å². The molecule has 2 heterocycles. The van der Waals surface area contributed by atoms with Crippen molar-refractivity contribution in [3.63, 3.8) is 0 Å². The van der Waals surface area contributed by atoms with E-state index in [1.165, 1.54) is 18.2 Å². The first kappa shape index (κ1) is 33.2. The first-order valence-electron chi connectivity index (χ1n) is 17.2. The van der Waals surface area contributed by atoms with Crippen LogP contribution in [0.15, 0.2) is 84.9 Å². The van der Waals surface area contributed by atoms with E-state index in [1.54, 1.807) is 53.4 Å². The van der Waals surface area contributed by atoms with E-state index in [9.17, 15) is 14.4 Å². The molecular weight excluding hydrogens is 646 g/mol. The van der Waals surface area contributed by atoms with Gasteiger partial charge in [-0.25, -0.2) is 0 Å². The van der Waals surface area contributed by atoms with Crippen LogP contribution in [0.4, 0.5) is 8.78 Å². The number of carbonyl (C=O) groups is 3. The van der Waals surface area contributed by atoms with Crippen LogP contribution in [0.1, 0.15) is 74.2 Å². The van der Waals surface area contributed by atoms with Crippen molar-refractivity contribution in [2.45, 2.75) is 88.4 Å².